The van der Waals surface area contributed by atoms with Gasteiger partial charge in [0.05, 0.1) is 17.2 Å². The summed E-state index contributed by atoms with van der Waals surface area (Å²) in [6, 6.07) is 3.13. The second-order valence-electron chi connectivity index (χ2n) is 4.10. The number of rotatable bonds is 7. The maximum absolute atomic E-state index is 12.1. The van der Waals surface area contributed by atoms with E-state index in [-0.39, 0.29) is 16.3 Å². The third-order valence-electron chi connectivity index (χ3n) is 3.00. The van der Waals surface area contributed by atoms with Crippen LogP contribution in [-0.4, -0.2) is 44.2 Å². The standard InChI is InChI=1S/C14H19Cl2NO3/c1-4-17(5-2)8-9-20-14(18)12-10(15)6-7-11(16)13(12)19-3/h6-7H,4-5,8-9H2,1-3H3. The minimum Gasteiger partial charge on any atom is -0.494 e. The molecule has 1 aromatic rings. The lowest BCUT2D eigenvalue weighted by Crippen LogP contribution is -2.28. The molecule has 0 bridgehead atoms. The van der Waals surface area contributed by atoms with Crippen LogP contribution >= 0.6 is 23.2 Å². The zero-order valence-electron chi connectivity index (χ0n) is 11.9. The van der Waals surface area contributed by atoms with Crippen molar-refractivity contribution in [2.45, 2.75) is 13.8 Å². The number of nitrogens with zero attached hydrogens (tertiary/aromatic N) is 1. The molecule has 1 rings (SSSR count). The van der Waals surface area contributed by atoms with E-state index in [0.717, 1.165) is 13.1 Å². The predicted molar refractivity (Wildman–Crippen MR) is 81.1 cm³/mol. The fourth-order valence-electron chi connectivity index (χ4n) is 1.80. The Kier molecular flexibility index (Phi) is 7.13. The van der Waals surface area contributed by atoms with E-state index in [1.165, 1.54) is 7.11 Å². The van der Waals surface area contributed by atoms with E-state index in [2.05, 4.69) is 18.7 Å². The van der Waals surface area contributed by atoms with Crippen molar-refractivity contribution in [2.24, 2.45) is 0 Å². The Morgan fingerprint density at radius 2 is 1.80 bits per heavy atom. The lowest BCUT2D eigenvalue weighted by molar-refractivity contribution is 0.0463. The molecule has 6 heteroatoms. The second kappa shape index (κ2) is 8.35. The highest BCUT2D eigenvalue weighted by Crippen LogP contribution is 2.34. The first kappa shape index (κ1) is 17.1. The Bertz CT molecular complexity index is 462. The van der Waals surface area contributed by atoms with Crippen LogP contribution in [0.2, 0.25) is 10.0 Å². The van der Waals surface area contributed by atoms with Gasteiger partial charge >= 0.3 is 5.97 Å². The van der Waals surface area contributed by atoms with Crippen LogP contribution in [0.15, 0.2) is 12.1 Å². The van der Waals surface area contributed by atoms with Crippen LogP contribution in [-0.2, 0) is 4.74 Å². The molecule has 20 heavy (non-hydrogen) atoms. The summed E-state index contributed by atoms with van der Waals surface area (Å²) in [5.41, 5.74) is 0.168. The van der Waals surface area contributed by atoms with Crippen molar-refractivity contribution < 1.29 is 14.3 Å². The van der Waals surface area contributed by atoms with Gasteiger partial charge in [0.15, 0.2) is 5.75 Å². The molecule has 0 saturated heterocycles. The van der Waals surface area contributed by atoms with Crippen LogP contribution < -0.4 is 4.74 Å². The molecule has 1 aromatic carbocycles. The molecule has 0 aliphatic carbocycles. The molecule has 0 unspecified atom stereocenters. The summed E-state index contributed by atoms with van der Waals surface area (Å²) in [5.74, 6) is -0.284. The summed E-state index contributed by atoms with van der Waals surface area (Å²) < 4.78 is 10.4. The van der Waals surface area contributed by atoms with E-state index in [9.17, 15) is 4.79 Å². The van der Waals surface area contributed by atoms with Crippen LogP contribution in [0.4, 0.5) is 0 Å². The van der Waals surface area contributed by atoms with Gasteiger partial charge in [-0.2, -0.15) is 0 Å². The number of methoxy groups -OCH3 is 1. The van der Waals surface area contributed by atoms with E-state index in [4.69, 9.17) is 32.7 Å². The Morgan fingerprint density at radius 3 is 2.35 bits per heavy atom. The van der Waals surface area contributed by atoms with Crippen LogP contribution in [0.3, 0.4) is 0 Å². The number of carbonyl (C=O) groups excluding carboxylic acids is 1. The molecule has 0 spiro atoms. The van der Waals surface area contributed by atoms with Crippen LogP contribution in [0, 0.1) is 0 Å². The molecular weight excluding hydrogens is 301 g/mol. The lowest BCUT2D eigenvalue weighted by Gasteiger charge is -2.18. The van der Waals surface area contributed by atoms with E-state index in [1.807, 2.05) is 0 Å². The molecule has 0 aliphatic heterocycles. The quantitative estimate of drug-likeness (QED) is 0.721. The molecule has 0 saturated carbocycles. The molecule has 0 aromatic heterocycles. The average molecular weight is 320 g/mol. The largest absolute Gasteiger partial charge is 0.494 e. The predicted octanol–water partition coefficient (Wildman–Crippen LogP) is 3.50. The number of hydrogen-bond donors (Lipinski definition) is 0. The van der Waals surface area contributed by atoms with Gasteiger partial charge in [0.25, 0.3) is 0 Å². The Balaban J connectivity index is 2.75. The molecule has 0 atom stereocenters. The van der Waals surface area contributed by atoms with Gasteiger partial charge in [0.2, 0.25) is 0 Å². The first-order valence-corrected chi connectivity index (χ1v) is 7.22. The Morgan fingerprint density at radius 1 is 1.20 bits per heavy atom. The molecule has 0 fully saturated rings. The topological polar surface area (TPSA) is 38.8 Å². The average Bonchev–Trinajstić information content (AvgIpc) is 2.45. The van der Waals surface area contributed by atoms with Gasteiger partial charge in [-0.05, 0) is 25.2 Å². The summed E-state index contributed by atoms with van der Waals surface area (Å²) in [4.78, 5) is 14.2. The van der Waals surface area contributed by atoms with Gasteiger partial charge in [-0.25, -0.2) is 4.79 Å². The van der Waals surface area contributed by atoms with E-state index in [1.54, 1.807) is 12.1 Å². The molecule has 0 heterocycles. The maximum atomic E-state index is 12.1. The molecule has 0 radical (unpaired) electrons. The fourth-order valence-corrected chi connectivity index (χ4v) is 2.26. The SMILES string of the molecule is CCN(CC)CCOC(=O)c1c(Cl)ccc(Cl)c1OC. The minimum absolute atomic E-state index is 0.168. The summed E-state index contributed by atoms with van der Waals surface area (Å²) in [5, 5.41) is 0.590. The number of halogens is 2. The highest BCUT2D eigenvalue weighted by molar-refractivity contribution is 6.37. The van der Waals surface area contributed by atoms with Crippen LogP contribution in [0.5, 0.6) is 5.75 Å². The van der Waals surface area contributed by atoms with Gasteiger partial charge in [0, 0.05) is 6.54 Å². The van der Waals surface area contributed by atoms with Gasteiger partial charge in [0.1, 0.15) is 12.2 Å². The number of carbonyl (C=O) groups is 1. The first-order chi connectivity index (χ1) is 9.54. The summed E-state index contributed by atoms with van der Waals surface area (Å²) >= 11 is 12.0. The van der Waals surface area contributed by atoms with Crippen molar-refractivity contribution in [3.63, 3.8) is 0 Å². The Hall–Kier alpha value is -0.970. The van der Waals surface area contributed by atoms with Crippen molar-refractivity contribution in [1.82, 2.24) is 4.90 Å². The maximum Gasteiger partial charge on any atom is 0.343 e. The summed E-state index contributed by atoms with van der Waals surface area (Å²) in [7, 11) is 1.43. The molecule has 0 N–H and O–H groups in total. The number of esters is 1. The molecule has 4 nitrogen and oxygen atoms in total. The van der Waals surface area contributed by atoms with Crippen molar-refractivity contribution in [3.8, 4) is 5.75 Å². The minimum atomic E-state index is -0.526. The molecule has 0 aliphatic rings. The second-order valence-corrected chi connectivity index (χ2v) is 4.91. The molecule has 0 amide bonds. The monoisotopic (exact) mass is 319 g/mol. The van der Waals surface area contributed by atoms with Crippen molar-refractivity contribution >= 4 is 29.2 Å². The van der Waals surface area contributed by atoms with Crippen LogP contribution in [0.25, 0.3) is 0 Å². The molecular formula is C14H19Cl2NO3. The van der Waals surface area contributed by atoms with Crippen molar-refractivity contribution in [2.75, 3.05) is 33.4 Å². The zero-order valence-corrected chi connectivity index (χ0v) is 13.4. The zero-order chi connectivity index (χ0) is 15.1. The third-order valence-corrected chi connectivity index (χ3v) is 3.61. The number of benzene rings is 1. The summed E-state index contributed by atoms with van der Waals surface area (Å²) in [6.07, 6.45) is 0. The lowest BCUT2D eigenvalue weighted by atomic mass is 10.2. The highest BCUT2D eigenvalue weighted by atomic mass is 35.5. The van der Waals surface area contributed by atoms with E-state index >= 15 is 0 Å². The van der Waals surface area contributed by atoms with Gasteiger partial charge < -0.3 is 14.4 Å². The number of ether oxygens (including phenoxy) is 2. The normalized spacial score (nSPS) is 10.7. The van der Waals surface area contributed by atoms with Crippen molar-refractivity contribution in [3.05, 3.63) is 27.7 Å². The van der Waals surface area contributed by atoms with Gasteiger partial charge in [-0.3, -0.25) is 0 Å². The Labute approximate surface area is 129 Å². The number of likely N-dealkylation sites (N-methyl/N-ethyl adjacent to an activating group) is 1. The van der Waals surface area contributed by atoms with Gasteiger partial charge in [-0.1, -0.05) is 37.0 Å². The van der Waals surface area contributed by atoms with Crippen LogP contribution in [0.1, 0.15) is 24.2 Å². The van der Waals surface area contributed by atoms with E-state index in [0.29, 0.717) is 18.2 Å². The summed E-state index contributed by atoms with van der Waals surface area (Å²) in [6.45, 7) is 6.92. The highest BCUT2D eigenvalue weighted by Gasteiger charge is 2.20. The third kappa shape index (κ3) is 4.27. The fraction of sp³-hybridized carbons (Fsp3) is 0.500. The van der Waals surface area contributed by atoms with Crippen molar-refractivity contribution in [1.29, 1.82) is 0 Å². The van der Waals surface area contributed by atoms with Gasteiger partial charge in [-0.15, -0.1) is 0 Å². The van der Waals surface area contributed by atoms with E-state index < -0.39 is 5.97 Å². The smallest absolute Gasteiger partial charge is 0.343 e. The molecule has 112 valence electrons. The first-order valence-electron chi connectivity index (χ1n) is 6.46. The number of hydrogen-bond acceptors (Lipinski definition) is 4.